The van der Waals surface area contributed by atoms with Gasteiger partial charge in [-0.1, -0.05) is 18.2 Å². The van der Waals surface area contributed by atoms with Crippen LogP contribution in [0.15, 0.2) is 47.4 Å². The zero-order valence-electron chi connectivity index (χ0n) is 16.0. The Morgan fingerprint density at radius 1 is 1.11 bits per heavy atom. The fourth-order valence-electron chi connectivity index (χ4n) is 2.78. The fourth-order valence-corrected chi connectivity index (χ4v) is 3.33. The summed E-state index contributed by atoms with van der Waals surface area (Å²) < 4.78 is 26.8. The maximum atomic E-state index is 13.8. The predicted molar refractivity (Wildman–Crippen MR) is 106 cm³/mol. The van der Waals surface area contributed by atoms with Gasteiger partial charge in [-0.2, -0.15) is 0 Å². The summed E-state index contributed by atoms with van der Waals surface area (Å²) in [6.07, 6.45) is 1.93. The minimum absolute atomic E-state index is 0.0464. The summed E-state index contributed by atoms with van der Waals surface area (Å²) in [6.45, 7) is 1.77. The van der Waals surface area contributed by atoms with Crippen LogP contribution < -0.4 is 15.5 Å². The molecule has 2 atom stereocenters. The second-order valence-electron chi connectivity index (χ2n) is 6.51. The van der Waals surface area contributed by atoms with Crippen LogP contribution in [0.5, 0.6) is 0 Å². The zero-order valence-corrected chi connectivity index (χ0v) is 16.8. The maximum Gasteiger partial charge on any atom is 0.279 e. The third kappa shape index (κ3) is 6.31. The van der Waals surface area contributed by atoms with Crippen LogP contribution in [0.2, 0.25) is 0 Å². The molecule has 150 valence electrons. The number of hydrogen-bond donors (Lipinski definition) is 3. The van der Waals surface area contributed by atoms with Crippen LogP contribution in [0, 0.1) is 11.6 Å². The van der Waals surface area contributed by atoms with Crippen LogP contribution in [-0.2, 0) is 9.59 Å². The number of rotatable bonds is 8. The van der Waals surface area contributed by atoms with Crippen LogP contribution in [0.25, 0.3) is 0 Å². The molecular formula is C20H24F2N3O2S+. The lowest BCUT2D eigenvalue weighted by Crippen LogP contribution is -3.11. The van der Waals surface area contributed by atoms with Crippen molar-refractivity contribution in [3.8, 4) is 0 Å². The van der Waals surface area contributed by atoms with E-state index in [1.54, 1.807) is 14.0 Å². The summed E-state index contributed by atoms with van der Waals surface area (Å²) >= 11 is 1.53. The van der Waals surface area contributed by atoms with E-state index in [0.29, 0.717) is 4.90 Å². The van der Waals surface area contributed by atoms with E-state index in [-0.39, 0.29) is 30.5 Å². The van der Waals surface area contributed by atoms with E-state index in [1.165, 1.54) is 17.8 Å². The van der Waals surface area contributed by atoms with Gasteiger partial charge in [-0.05, 0) is 31.4 Å². The molecule has 28 heavy (non-hydrogen) atoms. The molecule has 8 heteroatoms. The molecule has 2 aromatic carbocycles. The van der Waals surface area contributed by atoms with Gasteiger partial charge in [0.05, 0.1) is 18.8 Å². The first kappa shape index (κ1) is 21.8. The van der Waals surface area contributed by atoms with Crippen LogP contribution in [0.3, 0.4) is 0 Å². The number of nitrogens with one attached hydrogen (secondary N) is 3. The Morgan fingerprint density at radius 3 is 2.46 bits per heavy atom. The second kappa shape index (κ2) is 10.2. The van der Waals surface area contributed by atoms with Gasteiger partial charge in [0.25, 0.3) is 11.8 Å². The first-order valence-electron chi connectivity index (χ1n) is 8.78. The Bertz CT molecular complexity index is 848. The third-order valence-electron chi connectivity index (χ3n) is 4.11. The van der Waals surface area contributed by atoms with E-state index in [4.69, 9.17) is 0 Å². The van der Waals surface area contributed by atoms with Gasteiger partial charge in [0.1, 0.15) is 11.6 Å². The lowest BCUT2D eigenvalue weighted by atomic mass is 10.1. The molecule has 3 N–H and O–H groups in total. The molecule has 0 spiro atoms. The van der Waals surface area contributed by atoms with Crippen molar-refractivity contribution in [1.29, 1.82) is 0 Å². The highest BCUT2D eigenvalue weighted by atomic mass is 32.2. The predicted octanol–water partition coefficient (Wildman–Crippen LogP) is 2.02. The quantitative estimate of drug-likeness (QED) is 0.586. The summed E-state index contributed by atoms with van der Waals surface area (Å²) in [7, 11) is 1.72. The highest BCUT2D eigenvalue weighted by Gasteiger charge is 2.19. The van der Waals surface area contributed by atoms with E-state index in [0.717, 1.165) is 22.7 Å². The number of thioether (sulfide) groups is 1. The molecule has 1 unspecified atom stereocenters. The van der Waals surface area contributed by atoms with Crippen LogP contribution >= 0.6 is 11.8 Å². The molecule has 0 aliphatic rings. The number of carbonyl (C=O) groups excluding carboxylic acids is 2. The van der Waals surface area contributed by atoms with E-state index in [2.05, 4.69) is 10.6 Å². The number of hydrogen-bond acceptors (Lipinski definition) is 3. The Balaban J connectivity index is 1.85. The van der Waals surface area contributed by atoms with Gasteiger partial charge in [-0.25, -0.2) is 8.78 Å². The first-order valence-corrected chi connectivity index (χ1v) is 10.0. The molecule has 0 aliphatic heterocycles. The Kier molecular flexibility index (Phi) is 7.95. The first-order chi connectivity index (χ1) is 13.3. The number of para-hydroxylation sites is 1. The molecule has 5 nitrogen and oxygen atoms in total. The van der Waals surface area contributed by atoms with Crippen LogP contribution in [0.1, 0.15) is 18.5 Å². The van der Waals surface area contributed by atoms with Gasteiger partial charge in [0.2, 0.25) is 0 Å². The highest BCUT2D eigenvalue weighted by molar-refractivity contribution is 7.98. The lowest BCUT2D eigenvalue weighted by Gasteiger charge is -2.18. The molecule has 2 rings (SSSR count). The average molecular weight is 408 g/mol. The van der Waals surface area contributed by atoms with Gasteiger partial charge in [-0.3, -0.25) is 9.59 Å². The molecule has 0 aromatic heterocycles. The van der Waals surface area contributed by atoms with Gasteiger partial charge >= 0.3 is 0 Å². The molecule has 0 bridgehead atoms. The fraction of sp³-hybridized carbons (Fsp3) is 0.300. The zero-order chi connectivity index (χ0) is 20.7. The molecular weight excluding hydrogens is 384 g/mol. The number of halogens is 2. The summed E-state index contributed by atoms with van der Waals surface area (Å²) in [5, 5.41) is 5.52. The summed E-state index contributed by atoms with van der Waals surface area (Å²) in [5.41, 5.74) is 0.941. The molecule has 0 aliphatic carbocycles. The van der Waals surface area contributed by atoms with E-state index in [1.807, 2.05) is 30.5 Å². The number of quaternary nitrogens is 1. The molecule has 2 aromatic rings. The largest absolute Gasteiger partial charge is 0.345 e. The Hall–Kier alpha value is -2.45. The summed E-state index contributed by atoms with van der Waals surface area (Å²) in [5.74, 6) is -1.91. The standard InChI is InChI=1S/C20H23F2N3O2S/c1-13(15-9-8-14(21)10-16(15)22)23-19(26)11-25(2)12-20(27)24-17-6-4-5-7-18(17)28-3/h4-10,13H,11-12H2,1-3H3,(H,23,26)(H,24,27)/p+1/t13-/m1/s1. The Morgan fingerprint density at radius 2 is 1.79 bits per heavy atom. The van der Waals surface area contributed by atoms with Crippen molar-refractivity contribution in [1.82, 2.24) is 5.32 Å². The molecule has 0 fully saturated rings. The molecule has 0 heterocycles. The van der Waals surface area contributed by atoms with Gasteiger partial charge in [-0.15, -0.1) is 11.8 Å². The topological polar surface area (TPSA) is 62.6 Å². The van der Waals surface area contributed by atoms with Crippen molar-refractivity contribution in [2.75, 3.05) is 31.7 Å². The van der Waals surface area contributed by atoms with Crippen LogP contribution in [-0.4, -0.2) is 38.2 Å². The van der Waals surface area contributed by atoms with Crippen molar-refractivity contribution in [3.63, 3.8) is 0 Å². The lowest BCUT2D eigenvalue weighted by molar-refractivity contribution is -0.862. The molecule has 2 amide bonds. The van der Waals surface area contributed by atoms with E-state index < -0.39 is 17.7 Å². The molecule has 0 saturated heterocycles. The number of amides is 2. The van der Waals surface area contributed by atoms with Crippen molar-refractivity contribution in [2.24, 2.45) is 0 Å². The number of carbonyl (C=O) groups is 2. The summed E-state index contributed by atoms with van der Waals surface area (Å²) in [6, 6.07) is 10.1. The minimum Gasteiger partial charge on any atom is -0.345 e. The average Bonchev–Trinajstić information content (AvgIpc) is 2.61. The van der Waals surface area contributed by atoms with Gasteiger partial charge in [0.15, 0.2) is 13.1 Å². The number of anilines is 1. The van der Waals surface area contributed by atoms with Gasteiger partial charge in [0, 0.05) is 16.5 Å². The summed E-state index contributed by atoms with van der Waals surface area (Å²) in [4.78, 5) is 26.1. The molecule has 0 saturated carbocycles. The molecule has 0 radical (unpaired) electrons. The van der Waals surface area contributed by atoms with E-state index in [9.17, 15) is 18.4 Å². The number of likely N-dealkylation sites (N-methyl/N-ethyl adjacent to an activating group) is 1. The smallest absolute Gasteiger partial charge is 0.279 e. The van der Waals surface area contributed by atoms with Gasteiger partial charge < -0.3 is 15.5 Å². The third-order valence-corrected chi connectivity index (χ3v) is 4.91. The van der Waals surface area contributed by atoms with E-state index >= 15 is 0 Å². The normalized spacial score (nSPS) is 12.9. The van der Waals surface area contributed by atoms with Crippen molar-refractivity contribution in [3.05, 3.63) is 59.7 Å². The SMILES string of the molecule is CSc1ccccc1NC(=O)C[NH+](C)CC(=O)N[C@H](C)c1ccc(F)cc1F. The maximum absolute atomic E-state index is 13.8. The second-order valence-corrected chi connectivity index (χ2v) is 7.36. The van der Waals surface area contributed by atoms with Crippen molar-refractivity contribution >= 4 is 29.3 Å². The van der Waals surface area contributed by atoms with Crippen LogP contribution in [0.4, 0.5) is 14.5 Å². The Labute approximate surface area is 167 Å². The highest BCUT2D eigenvalue weighted by Crippen LogP contribution is 2.24. The minimum atomic E-state index is -0.708. The van der Waals surface area contributed by atoms with Crippen molar-refractivity contribution < 1.29 is 23.3 Å². The monoisotopic (exact) mass is 408 g/mol. The number of benzene rings is 2. The van der Waals surface area contributed by atoms with Crippen molar-refractivity contribution in [2.45, 2.75) is 17.9 Å².